The summed E-state index contributed by atoms with van der Waals surface area (Å²) in [4.78, 5) is 20.7. The number of amides is 1. The molecule has 1 saturated heterocycles. The summed E-state index contributed by atoms with van der Waals surface area (Å²) in [6.07, 6.45) is 5.25. The molecule has 4 rings (SSSR count). The molecule has 1 fully saturated rings. The number of aromatic nitrogens is 1. The van der Waals surface area contributed by atoms with Gasteiger partial charge in [0.25, 0.3) is 0 Å². The molecule has 2 aromatic rings. The normalized spacial score (nSPS) is 19.7. The molecule has 6 heteroatoms. The fraction of sp³-hybridized carbons (Fsp3) is 0.500. The first-order chi connectivity index (χ1) is 12.7. The van der Waals surface area contributed by atoms with Crippen molar-refractivity contribution in [1.29, 1.82) is 0 Å². The van der Waals surface area contributed by atoms with Gasteiger partial charge in [0.1, 0.15) is 0 Å². The molecule has 2 N–H and O–H groups in total. The van der Waals surface area contributed by atoms with E-state index in [4.69, 9.17) is 0 Å². The Kier molecular flexibility index (Phi) is 5.33. The maximum atomic E-state index is 12.7. The third-order valence-corrected chi connectivity index (χ3v) is 6.66. The van der Waals surface area contributed by atoms with Gasteiger partial charge in [0, 0.05) is 24.2 Å². The molecule has 138 valence electrons. The minimum atomic E-state index is -0.158. The molecule has 2 aliphatic rings. The van der Waals surface area contributed by atoms with E-state index in [1.54, 1.807) is 11.3 Å². The summed E-state index contributed by atoms with van der Waals surface area (Å²) < 4.78 is 0. The maximum Gasteiger partial charge on any atom is 0.243 e. The Balaban J connectivity index is 1.37. The van der Waals surface area contributed by atoms with Gasteiger partial charge in [-0.2, -0.15) is 0 Å². The van der Waals surface area contributed by atoms with E-state index < -0.39 is 0 Å². The van der Waals surface area contributed by atoms with Crippen molar-refractivity contribution in [3.8, 4) is 0 Å². The number of hydrogen-bond acceptors (Lipinski definition) is 5. The quantitative estimate of drug-likeness (QED) is 0.869. The van der Waals surface area contributed by atoms with Crippen LogP contribution in [0.5, 0.6) is 0 Å². The average molecular weight is 371 g/mol. The van der Waals surface area contributed by atoms with Gasteiger partial charge in [-0.25, -0.2) is 4.98 Å². The van der Waals surface area contributed by atoms with Crippen LogP contribution in [0.25, 0.3) is 0 Å². The van der Waals surface area contributed by atoms with E-state index in [-0.39, 0.29) is 11.9 Å². The van der Waals surface area contributed by atoms with Gasteiger partial charge in [0.15, 0.2) is 5.13 Å². The molecule has 2 aliphatic heterocycles. The number of fused-ring (bicyclic) bond motifs is 1. The molecule has 0 saturated carbocycles. The number of thiazole rings is 1. The Labute approximate surface area is 158 Å². The second-order valence-electron chi connectivity index (χ2n) is 7.25. The number of nitrogens with zero attached hydrogens (tertiary/aromatic N) is 2. The van der Waals surface area contributed by atoms with Crippen molar-refractivity contribution < 1.29 is 4.79 Å². The first-order valence-corrected chi connectivity index (χ1v) is 10.3. The molecule has 26 heavy (non-hydrogen) atoms. The molecule has 0 radical (unpaired) electrons. The number of hydrogen-bond donors (Lipinski definition) is 2. The Morgan fingerprint density at radius 3 is 2.88 bits per heavy atom. The van der Waals surface area contributed by atoms with Crippen LogP contribution >= 0.6 is 11.3 Å². The Bertz CT molecular complexity index is 769. The SMILES string of the molecule is CC(C(=O)Nc1ncc(C2CCNCC2)s1)N1CCc2ccccc2C1. The highest BCUT2D eigenvalue weighted by atomic mass is 32.1. The Hall–Kier alpha value is -1.76. The fourth-order valence-electron chi connectivity index (χ4n) is 3.86. The van der Waals surface area contributed by atoms with Gasteiger partial charge in [-0.15, -0.1) is 11.3 Å². The van der Waals surface area contributed by atoms with E-state index >= 15 is 0 Å². The number of carbonyl (C=O) groups excluding carboxylic acids is 1. The minimum absolute atomic E-state index is 0.0376. The van der Waals surface area contributed by atoms with Gasteiger partial charge >= 0.3 is 0 Å². The van der Waals surface area contributed by atoms with Gasteiger partial charge in [-0.3, -0.25) is 9.69 Å². The molecule has 5 nitrogen and oxygen atoms in total. The molecule has 1 aromatic heterocycles. The summed E-state index contributed by atoms with van der Waals surface area (Å²) in [6.45, 7) is 5.88. The summed E-state index contributed by atoms with van der Waals surface area (Å²) in [5, 5.41) is 7.15. The van der Waals surface area contributed by atoms with Crippen LogP contribution in [0.2, 0.25) is 0 Å². The molecule has 0 bridgehead atoms. The molecule has 1 atom stereocenters. The van der Waals surface area contributed by atoms with Gasteiger partial charge in [-0.05, 0) is 56.3 Å². The van der Waals surface area contributed by atoms with E-state index in [2.05, 4.69) is 44.8 Å². The number of carbonyl (C=O) groups is 1. The van der Waals surface area contributed by atoms with Crippen LogP contribution < -0.4 is 10.6 Å². The zero-order valence-corrected chi connectivity index (χ0v) is 16.0. The predicted molar refractivity (Wildman–Crippen MR) is 106 cm³/mol. The summed E-state index contributed by atoms with van der Waals surface area (Å²) >= 11 is 1.63. The lowest BCUT2D eigenvalue weighted by Gasteiger charge is -2.32. The highest BCUT2D eigenvalue weighted by Crippen LogP contribution is 2.32. The van der Waals surface area contributed by atoms with E-state index in [0.717, 1.165) is 50.6 Å². The lowest BCUT2D eigenvalue weighted by molar-refractivity contribution is -0.121. The zero-order chi connectivity index (χ0) is 17.9. The Morgan fingerprint density at radius 1 is 1.31 bits per heavy atom. The predicted octanol–water partition coefficient (Wildman–Crippen LogP) is 3.00. The second kappa shape index (κ2) is 7.86. The minimum Gasteiger partial charge on any atom is -0.317 e. The largest absolute Gasteiger partial charge is 0.317 e. The van der Waals surface area contributed by atoms with Crippen LogP contribution in [-0.2, 0) is 17.8 Å². The number of nitrogens with one attached hydrogen (secondary N) is 2. The van der Waals surface area contributed by atoms with Crippen LogP contribution in [0.15, 0.2) is 30.5 Å². The molecule has 0 spiro atoms. The van der Waals surface area contributed by atoms with Crippen molar-refractivity contribution in [2.75, 3.05) is 25.0 Å². The van der Waals surface area contributed by atoms with E-state index in [1.807, 2.05) is 13.1 Å². The van der Waals surface area contributed by atoms with E-state index in [0.29, 0.717) is 5.92 Å². The van der Waals surface area contributed by atoms with Crippen LogP contribution in [0.4, 0.5) is 5.13 Å². The monoisotopic (exact) mass is 370 g/mol. The third-order valence-electron chi connectivity index (χ3n) is 5.58. The van der Waals surface area contributed by atoms with Crippen molar-refractivity contribution in [3.05, 3.63) is 46.5 Å². The molecule has 0 aliphatic carbocycles. The van der Waals surface area contributed by atoms with Crippen LogP contribution in [0, 0.1) is 0 Å². The van der Waals surface area contributed by atoms with Crippen LogP contribution in [0.1, 0.15) is 41.7 Å². The summed E-state index contributed by atoms with van der Waals surface area (Å²) in [6, 6.07) is 8.36. The Morgan fingerprint density at radius 2 is 2.08 bits per heavy atom. The van der Waals surface area contributed by atoms with Crippen molar-refractivity contribution in [3.63, 3.8) is 0 Å². The smallest absolute Gasteiger partial charge is 0.243 e. The zero-order valence-electron chi connectivity index (χ0n) is 15.2. The highest BCUT2D eigenvalue weighted by molar-refractivity contribution is 7.15. The number of anilines is 1. The summed E-state index contributed by atoms with van der Waals surface area (Å²) in [5.41, 5.74) is 2.74. The van der Waals surface area contributed by atoms with Gasteiger partial charge in [-0.1, -0.05) is 24.3 Å². The molecule has 1 unspecified atom stereocenters. The maximum absolute atomic E-state index is 12.7. The lowest BCUT2D eigenvalue weighted by Crippen LogP contribution is -2.44. The topological polar surface area (TPSA) is 57.3 Å². The van der Waals surface area contributed by atoms with Crippen molar-refractivity contribution in [2.45, 2.75) is 44.7 Å². The third kappa shape index (κ3) is 3.82. The van der Waals surface area contributed by atoms with Gasteiger partial charge in [0.2, 0.25) is 5.91 Å². The average Bonchev–Trinajstić information content (AvgIpc) is 3.16. The fourth-order valence-corrected chi connectivity index (χ4v) is 4.85. The van der Waals surface area contributed by atoms with Crippen molar-refractivity contribution >= 4 is 22.4 Å². The van der Waals surface area contributed by atoms with E-state index in [9.17, 15) is 4.79 Å². The van der Waals surface area contributed by atoms with E-state index in [1.165, 1.54) is 16.0 Å². The lowest BCUT2D eigenvalue weighted by atomic mass is 9.97. The summed E-state index contributed by atoms with van der Waals surface area (Å²) in [7, 11) is 0. The van der Waals surface area contributed by atoms with Crippen LogP contribution in [0.3, 0.4) is 0 Å². The molecular weight excluding hydrogens is 344 g/mol. The number of benzene rings is 1. The first-order valence-electron chi connectivity index (χ1n) is 9.49. The molecule has 1 aromatic carbocycles. The number of piperidine rings is 1. The summed E-state index contributed by atoms with van der Waals surface area (Å²) in [5.74, 6) is 0.617. The molecular formula is C20H26N4OS. The molecule has 3 heterocycles. The molecule has 1 amide bonds. The van der Waals surface area contributed by atoms with Gasteiger partial charge in [0.05, 0.1) is 6.04 Å². The highest BCUT2D eigenvalue weighted by Gasteiger charge is 2.26. The van der Waals surface area contributed by atoms with Crippen molar-refractivity contribution in [1.82, 2.24) is 15.2 Å². The van der Waals surface area contributed by atoms with Crippen molar-refractivity contribution in [2.24, 2.45) is 0 Å². The van der Waals surface area contributed by atoms with Crippen LogP contribution in [-0.4, -0.2) is 41.5 Å². The van der Waals surface area contributed by atoms with Gasteiger partial charge < -0.3 is 10.6 Å². The first kappa shape index (κ1) is 17.6. The second-order valence-corrected chi connectivity index (χ2v) is 8.31. The standard InChI is InChI=1S/C20H26N4OS/c1-14(24-11-8-15-4-2-3-5-17(15)13-24)19(25)23-20-22-12-18(26-20)16-6-9-21-10-7-16/h2-5,12,14,16,21H,6-11,13H2,1H3,(H,22,23,25). The number of rotatable bonds is 4.